The van der Waals surface area contributed by atoms with Crippen LogP contribution in [-0.2, 0) is 6.54 Å². The molecule has 3 aromatic rings. The van der Waals surface area contributed by atoms with E-state index >= 15 is 0 Å². The fourth-order valence-corrected chi connectivity index (χ4v) is 2.15. The summed E-state index contributed by atoms with van der Waals surface area (Å²) in [6, 6.07) is 6.87. The van der Waals surface area contributed by atoms with Gasteiger partial charge in [0.2, 0.25) is 0 Å². The summed E-state index contributed by atoms with van der Waals surface area (Å²) in [5.41, 5.74) is 2.63. The average Bonchev–Trinajstić information content (AvgIpc) is 2.89. The van der Waals surface area contributed by atoms with Crippen molar-refractivity contribution >= 4 is 11.6 Å². The Balaban J connectivity index is 1.72. The second kappa shape index (κ2) is 5.55. The van der Waals surface area contributed by atoms with E-state index in [1.807, 2.05) is 35.9 Å². The number of hydrogen-bond donors (Lipinski definition) is 1. The summed E-state index contributed by atoms with van der Waals surface area (Å²) in [5.74, 6) is -2.50. The predicted molar refractivity (Wildman–Crippen MR) is 77.5 cm³/mol. The first-order valence-corrected chi connectivity index (χ1v) is 6.70. The highest BCUT2D eigenvalue weighted by molar-refractivity contribution is 5.94. The molecule has 2 heterocycles. The Kier molecular flexibility index (Phi) is 3.58. The Morgan fingerprint density at radius 2 is 2.00 bits per heavy atom. The fourth-order valence-electron chi connectivity index (χ4n) is 2.15. The number of benzene rings is 1. The highest BCUT2D eigenvalue weighted by atomic mass is 19.2. The van der Waals surface area contributed by atoms with Crippen LogP contribution in [0.2, 0.25) is 0 Å². The molecule has 0 bridgehead atoms. The second-order valence-corrected chi connectivity index (χ2v) is 5.02. The van der Waals surface area contributed by atoms with Gasteiger partial charge >= 0.3 is 0 Å². The third-order valence-corrected chi connectivity index (χ3v) is 3.26. The van der Waals surface area contributed by atoms with Crippen LogP contribution in [0.15, 0.2) is 42.7 Å². The largest absolute Gasteiger partial charge is 0.346 e. The van der Waals surface area contributed by atoms with Gasteiger partial charge in [-0.15, -0.1) is 0 Å². The normalized spacial score (nSPS) is 10.9. The molecule has 0 spiro atoms. The van der Waals surface area contributed by atoms with Crippen LogP contribution in [0.4, 0.5) is 8.78 Å². The third kappa shape index (κ3) is 2.81. The molecule has 0 atom stereocenters. The van der Waals surface area contributed by atoms with Gasteiger partial charge in [0.05, 0.1) is 12.2 Å². The number of rotatable bonds is 3. The van der Waals surface area contributed by atoms with Crippen LogP contribution in [0, 0.1) is 18.6 Å². The van der Waals surface area contributed by atoms with Crippen LogP contribution in [0.1, 0.15) is 21.6 Å². The molecule has 1 amide bonds. The van der Waals surface area contributed by atoms with Crippen LogP contribution in [0.3, 0.4) is 0 Å². The van der Waals surface area contributed by atoms with Crippen molar-refractivity contribution in [2.45, 2.75) is 13.5 Å². The molecule has 0 fully saturated rings. The van der Waals surface area contributed by atoms with Crippen molar-refractivity contribution in [3.05, 3.63) is 71.2 Å². The molecule has 0 aliphatic rings. The summed E-state index contributed by atoms with van der Waals surface area (Å²) in [4.78, 5) is 16.3. The number of carbonyl (C=O) groups is 1. The monoisotopic (exact) mass is 301 g/mol. The molecule has 2 aromatic heterocycles. The zero-order valence-corrected chi connectivity index (χ0v) is 11.8. The summed E-state index contributed by atoms with van der Waals surface area (Å²) in [6.45, 7) is 2.18. The van der Waals surface area contributed by atoms with Gasteiger partial charge in [-0.1, -0.05) is 6.07 Å². The molecule has 1 aromatic carbocycles. The third-order valence-electron chi connectivity index (χ3n) is 3.26. The summed E-state index contributed by atoms with van der Waals surface area (Å²) < 4.78 is 27.8. The van der Waals surface area contributed by atoms with Gasteiger partial charge in [0.15, 0.2) is 11.6 Å². The van der Waals surface area contributed by atoms with E-state index in [1.165, 1.54) is 6.07 Å². The molecule has 3 rings (SSSR count). The number of fused-ring (bicyclic) bond motifs is 1. The number of aryl methyl sites for hydroxylation is 1. The van der Waals surface area contributed by atoms with E-state index in [0.29, 0.717) is 5.69 Å². The topological polar surface area (TPSA) is 46.4 Å². The second-order valence-electron chi connectivity index (χ2n) is 5.02. The first-order valence-electron chi connectivity index (χ1n) is 6.70. The molecule has 112 valence electrons. The maximum atomic E-state index is 13.1. The van der Waals surface area contributed by atoms with E-state index in [1.54, 1.807) is 0 Å². The van der Waals surface area contributed by atoms with Gasteiger partial charge in [-0.2, -0.15) is 0 Å². The summed E-state index contributed by atoms with van der Waals surface area (Å²) in [6.07, 6.45) is 3.75. The Bertz CT molecular complexity index is 858. The molecule has 0 radical (unpaired) electrons. The number of carbonyl (C=O) groups excluding carboxylic acids is 1. The number of halogens is 2. The van der Waals surface area contributed by atoms with Gasteiger partial charge in [0, 0.05) is 18.0 Å². The molecule has 6 heteroatoms. The molecule has 0 aliphatic heterocycles. The first-order chi connectivity index (χ1) is 10.5. The number of pyridine rings is 1. The number of nitrogens with one attached hydrogen (secondary N) is 1. The number of hydrogen-bond acceptors (Lipinski definition) is 2. The summed E-state index contributed by atoms with van der Waals surface area (Å²) in [7, 11) is 0. The fraction of sp³-hybridized carbons (Fsp3) is 0.125. The van der Waals surface area contributed by atoms with Crippen LogP contribution in [-0.4, -0.2) is 15.3 Å². The van der Waals surface area contributed by atoms with E-state index in [2.05, 4.69) is 10.3 Å². The van der Waals surface area contributed by atoms with Crippen molar-refractivity contribution in [2.75, 3.05) is 0 Å². The minimum Gasteiger partial charge on any atom is -0.346 e. The van der Waals surface area contributed by atoms with Crippen LogP contribution >= 0.6 is 0 Å². The van der Waals surface area contributed by atoms with Gasteiger partial charge < -0.3 is 9.72 Å². The lowest BCUT2D eigenvalue weighted by Gasteiger charge is -2.03. The quantitative estimate of drug-likeness (QED) is 0.808. The van der Waals surface area contributed by atoms with Crippen molar-refractivity contribution in [2.24, 2.45) is 0 Å². The molecule has 0 unspecified atom stereocenters. The smallest absolute Gasteiger partial charge is 0.251 e. The number of aromatic nitrogens is 2. The predicted octanol–water partition coefficient (Wildman–Crippen LogP) is 2.85. The van der Waals surface area contributed by atoms with Crippen molar-refractivity contribution in [3.8, 4) is 0 Å². The summed E-state index contributed by atoms with van der Waals surface area (Å²) >= 11 is 0. The molecule has 4 nitrogen and oxygen atoms in total. The molecule has 22 heavy (non-hydrogen) atoms. The lowest BCUT2D eigenvalue weighted by atomic mass is 10.2. The molecule has 0 aliphatic carbocycles. The van der Waals surface area contributed by atoms with E-state index in [0.717, 1.165) is 23.3 Å². The maximum Gasteiger partial charge on any atom is 0.251 e. The molecule has 0 saturated heterocycles. The average molecular weight is 301 g/mol. The van der Waals surface area contributed by atoms with Crippen LogP contribution in [0.25, 0.3) is 5.65 Å². The van der Waals surface area contributed by atoms with Gasteiger partial charge in [-0.05, 0) is 36.8 Å². The van der Waals surface area contributed by atoms with Crippen molar-refractivity contribution in [1.82, 2.24) is 14.7 Å². The van der Waals surface area contributed by atoms with Gasteiger partial charge in [0.1, 0.15) is 5.65 Å². The molecule has 0 saturated carbocycles. The van der Waals surface area contributed by atoms with Crippen LogP contribution < -0.4 is 5.32 Å². The highest BCUT2D eigenvalue weighted by Gasteiger charge is 2.10. The standard InChI is InChI=1S/C16H13F2N3O/c1-10-2-5-15-20-12(9-21(15)8-10)7-19-16(22)11-3-4-13(17)14(18)6-11/h2-6,8-9H,7H2,1H3,(H,19,22). The van der Waals surface area contributed by atoms with Crippen molar-refractivity contribution in [1.29, 1.82) is 0 Å². The number of amides is 1. The van der Waals surface area contributed by atoms with Crippen LogP contribution in [0.5, 0.6) is 0 Å². The Morgan fingerprint density at radius 1 is 1.18 bits per heavy atom. The first kappa shape index (κ1) is 14.2. The van der Waals surface area contributed by atoms with E-state index < -0.39 is 17.5 Å². The Hall–Kier alpha value is -2.76. The lowest BCUT2D eigenvalue weighted by molar-refractivity contribution is 0.0950. The van der Waals surface area contributed by atoms with Gasteiger partial charge in [0.25, 0.3) is 5.91 Å². The maximum absolute atomic E-state index is 13.1. The SMILES string of the molecule is Cc1ccc2nc(CNC(=O)c3ccc(F)c(F)c3)cn2c1. The van der Waals surface area contributed by atoms with E-state index in [9.17, 15) is 13.6 Å². The molecule has 1 N–H and O–H groups in total. The summed E-state index contributed by atoms with van der Waals surface area (Å²) in [5, 5.41) is 2.63. The van der Waals surface area contributed by atoms with E-state index in [4.69, 9.17) is 0 Å². The Morgan fingerprint density at radius 3 is 2.77 bits per heavy atom. The molecular formula is C16H13F2N3O. The van der Waals surface area contributed by atoms with E-state index in [-0.39, 0.29) is 12.1 Å². The minimum absolute atomic E-state index is 0.0681. The zero-order chi connectivity index (χ0) is 15.7. The van der Waals surface area contributed by atoms with Gasteiger partial charge in [-0.3, -0.25) is 4.79 Å². The lowest BCUT2D eigenvalue weighted by Crippen LogP contribution is -2.23. The molecular weight excluding hydrogens is 288 g/mol. The zero-order valence-electron chi connectivity index (χ0n) is 11.8. The highest BCUT2D eigenvalue weighted by Crippen LogP contribution is 2.10. The minimum atomic E-state index is -1.05. The number of nitrogens with zero attached hydrogens (tertiary/aromatic N) is 2. The van der Waals surface area contributed by atoms with Crippen molar-refractivity contribution < 1.29 is 13.6 Å². The Labute approximate surface area is 125 Å². The van der Waals surface area contributed by atoms with Crippen molar-refractivity contribution in [3.63, 3.8) is 0 Å². The number of imidazole rings is 1. The van der Waals surface area contributed by atoms with Gasteiger partial charge in [-0.25, -0.2) is 13.8 Å².